The Morgan fingerprint density at radius 3 is 2.45 bits per heavy atom. The summed E-state index contributed by atoms with van der Waals surface area (Å²) in [5.74, 6) is 1.58. The van der Waals surface area contributed by atoms with E-state index in [4.69, 9.17) is 0 Å². The largest absolute Gasteiger partial charge is 3.00 e. The van der Waals surface area contributed by atoms with E-state index in [0.29, 0.717) is 10.8 Å². The van der Waals surface area contributed by atoms with Crippen LogP contribution in [0.5, 0.6) is 0 Å². The van der Waals surface area contributed by atoms with Crippen molar-refractivity contribution in [2.45, 2.75) is 40.0 Å². The van der Waals surface area contributed by atoms with Gasteiger partial charge in [-0.25, -0.2) is 0 Å². The third-order valence-electron chi connectivity index (χ3n) is 5.28. The molecule has 0 nitrogen and oxygen atoms in total. The predicted molar refractivity (Wildman–Crippen MR) is 86.2 cm³/mol. The van der Waals surface area contributed by atoms with Gasteiger partial charge in [-0.1, -0.05) is 69.1 Å². The van der Waals surface area contributed by atoms with Crippen LogP contribution in [0, 0.1) is 43.9 Å². The smallest absolute Gasteiger partial charge is 0.358 e. The van der Waals surface area contributed by atoms with E-state index in [1.165, 1.54) is 12.8 Å². The van der Waals surface area contributed by atoms with Gasteiger partial charge in [0.25, 0.3) is 0 Å². The second kappa shape index (κ2) is 6.80. The van der Waals surface area contributed by atoms with Crippen LogP contribution in [0.1, 0.15) is 40.0 Å². The first-order valence-electron chi connectivity index (χ1n) is 6.94. The van der Waals surface area contributed by atoms with Crippen molar-refractivity contribution >= 4 is 0 Å². The van der Waals surface area contributed by atoms with Crippen molar-refractivity contribution in [1.29, 1.82) is 0 Å². The normalized spacial score (nSPS) is 36.2. The Bertz CT molecular complexity index is 413. The van der Waals surface area contributed by atoms with Gasteiger partial charge in [-0.3, -0.25) is 0 Å². The Kier molecular flexibility index (Phi) is 6.77. The van der Waals surface area contributed by atoms with E-state index in [1.54, 1.807) is 5.57 Å². The molecule has 0 aliphatic heterocycles. The molecule has 0 bridgehead atoms. The van der Waals surface area contributed by atoms with Gasteiger partial charge in [-0.15, -0.1) is 0 Å². The molecule has 3 atom stereocenters. The SMILES string of the molecule is CC1(C)C=CC(C)(C2=CC=CC2)C2CC[CH-]C21.[CH3-].[CH3-].[Ti+3]. The van der Waals surface area contributed by atoms with E-state index in [9.17, 15) is 0 Å². The number of allylic oxidation sites excluding steroid dienone is 6. The molecule has 1 saturated carbocycles. The number of hydrogen-bond acceptors (Lipinski definition) is 0. The average Bonchev–Trinajstić information content (AvgIpc) is 2.94. The summed E-state index contributed by atoms with van der Waals surface area (Å²) in [6, 6.07) is 0. The molecule has 0 aromatic rings. The van der Waals surface area contributed by atoms with Crippen LogP contribution in [0.25, 0.3) is 0 Å². The summed E-state index contributed by atoms with van der Waals surface area (Å²) in [5.41, 5.74) is 2.28. The molecule has 3 rings (SSSR count). The van der Waals surface area contributed by atoms with Crippen molar-refractivity contribution < 1.29 is 21.7 Å². The molecule has 3 aliphatic rings. The summed E-state index contributed by atoms with van der Waals surface area (Å²) in [6.07, 6.45) is 18.2. The molecule has 20 heavy (non-hydrogen) atoms. The van der Waals surface area contributed by atoms with Crippen LogP contribution in [0.4, 0.5) is 0 Å². The topological polar surface area (TPSA) is 0 Å². The third kappa shape index (κ3) is 2.92. The Labute approximate surface area is 141 Å². The monoisotopic (exact) mass is 305 g/mol. The van der Waals surface area contributed by atoms with Crippen LogP contribution in [0.3, 0.4) is 0 Å². The van der Waals surface area contributed by atoms with Gasteiger partial charge in [-0.05, 0) is 11.8 Å². The van der Waals surface area contributed by atoms with Gasteiger partial charge < -0.3 is 21.3 Å². The van der Waals surface area contributed by atoms with Crippen molar-refractivity contribution in [2.75, 3.05) is 0 Å². The van der Waals surface area contributed by atoms with Crippen molar-refractivity contribution in [3.8, 4) is 0 Å². The summed E-state index contributed by atoms with van der Waals surface area (Å²) in [7, 11) is 0. The molecule has 1 fully saturated rings. The Balaban J connectivity index is 0.00000120. The molecule has 0 amide bonds. The Morgan fingerprint density at radius 2 is 1.85 bits per heavy atom. The minimum atomic E-state index is 0. The molecule has 0 aromatic carbocycles. The molecule has 1 heteroatoms. The van der Waals surface area contributed by atoms with E-state index < -0.39 is 0 Å². The van der Waals surface area contributed by atoms with E-state index in [2.05, 4.69) is 57.6 Å². The maximum Gasteiger partial charge on any atom is 3.00 e. The van der Waals surface area contributed by atoms with Gasteiger partial charge in [-0.2, -0.15) is 12.3 Å². The van der Waals surface area contributed by atoms with Crippen molar-refractivity contribution in [1.82, 2.24) is 0 Å². The molecule has 109 valence electrons. The third-order valence-corrected chi connectivity index (χ3v) is 5.28. The summed E-state index contributed by atoms with van der Waals surface area (Å²) >= 11 is 0. The number of rotatable bonds is 1. The van der Waals surface area contributed by atoms with Gasteiger partial charge in [0.1, 0.15) is 0 Å². The van der Waals surface area contributed by atoms with E-state index in [1.807, 2.05) is 0 Å². The van der Waals surface area contributed by atoms with Gasteiger partial charge in [0.2, 0.25) is 0 Å². The van der Waals surface area contributed by atoms with Crippen LogP contribution < -0.4 is 0 Å². The fourth-order valence-electron chi connectivity index (χ4n) is 4.11. The summed E-state index contributed by atoms with van der Waals surface area (Å²) in [4.78, 5) is 0. The van der Waals surface area contributed by atoms with Crippen LogP contribution >= 0.6 is 0 Å². The Hall–Kier alpha value is -0.0657. The zero-order valence-corrected chi connectivity index (χ0v) is 15.3. The second-order valence-electron chi connectivity index (χ2n) is 6.71. The van der Waals surface area contributed by atoms with Crippen LogP contribution in [0.2, 0.25) is 0 Å². The predicted octanol–water partition coefficient (Wildman–Crippen LogP) is 5.60. The molecule has 1 radical (unpaired) electrons. The fourth-order valence-corrected chi connectivity index (χ4v) is 4.11. The fraction of sp³-hybridized carbons (Fsp3) is 0.526. The second-order valence-corrected chi connectivity index (χ2v) is 6.71. The first kappa shape index (κ1) is 19.9. The van der Waals surface area contributed by atoms with Crippen LogP contribution in [-0.4, -0.2) is 0 Å². The summed E-state index contributed by atoms with van der Waals surface area (Å²) in [5, 5.41) is 0. The van der Waals surface area contributed by atoms with Crippen LogP contribution in [-0.2, 0) is 21.7 Å². The van der Waals surface area contributed by atoms with E-state index >= 15 is 0 Å². The van der Waals surface area contributed by atoms with Gasteiger partial charge in [0.05, 0.1) is 0 Å². The molecular weight excluding hydrogens is 276 g/mol. The van der Waals surface area contributed by atoms with Gasteiger partial charge >= 0.3 is 21.7 Å². The standard InChI is InChI=1S/C17H23.2CH3.Ti/c1-16(2)11-12-17(3,13-7-4-5-8-13)15-10-6-9-14(15)16;;;/h4-5,7,9,11-12,14-15H,6,8,10H2,1-3H3;2*1H3;/q3*-1;+3. The zero-order valence-electron chi connectivity index (χ0n) is 13.7. The molecule has 0 aromatic heterocycles. The summed E-state index contributed by atoms with van der Waals surface area (Å²) < 4.78 is 0. The molecular formula is C19H29Ti. The first-order chi connectivity index (χ1) is 8.04. The zero-order chi connectivity index (χ0) is 12.1. The van der Waals surface area contributed by atoms with E-state index in [-0.39, 0.29) is 36.6 Å². The van der Waals surface area contributed by atoms with Crippen LogP contribution in [0.15, 0.2) is 36.0 Å². The van der Waals surface area contributed by atoms with Gasteiger partial charge in [0.15, 0.2) is 0 Å². The van der Waals surface area contributed by atoms with E-state index in [0.717, 1.165) is 18.3 Å². The molecule has 0 spiro atoms. The quantitative estimate of drug-likeness (QED) is 0.336. The Morgan fingerprint density at radius 1 is 1.15 bits per heavy atom. The van der Waals surface area contributed by atoms with Crippen molar-refractivity contribution in [3.05, 3.63) is 57.2 Å². The number of hydrogen-bond donors (Lipinski definition) is 0. The molecule has 3 unspecified atom stereocenters. The van der Waals surface area contributed by atoms with Gasteiger partial charge in [0, 0.05) is 5.41 Å². The van der Waals surface area contributed by atoms with Crippen molar-refractivity contribution in [2.24, 2.45) is 22.7 Å². The molecule has 3 aliphatic carbocycles. The number of fused-ring (bicyclic) bond motifs is 1. The first-order valence-corrected chi connectivity index (χ1v) is 6.94. The molecule has 0 heterocycles. The minimum absolute atomic E-state index is 0. The molecule has 0 saturated heterocycles. The average molecular weight is 305 g/mol. The van der Waals surface area contributed by atoms with Crippen molar-refractivity contribution in [3.63, 3.8) is 0 Å². The maximum atomic E-state index is 2.58. The minimum Gasteiger partial charge on any atom is -0.358 e. The molecule has 0 N–H and O–H groups in total. The maximum absolute atomic E-state index is 2.58. The summed E-state index contributed by atoms with van der Waals surface area (Å²) in [6.45, 7) is 7.24.